The van der Waals surface area contributed by atoms with Gasteiger partial charge in [-0.1, -0.05) is 18.6 Å². The Hall–Kier alpha value is -1.83. The fraction of sp³-hybridized carbons (Fsp3) is 0.450. The van der Waals surface area contributed by atoms with Gasteiger partial charge >= 0.3 is 0 Å². The third-order valence-electron chi connectivity index (χ3n) is 4.98. The third-order valence-corrected chi connectivity index (χ3v) is 4.98. The Balaban J connectivity index is 1.97. The summed E-state index contributed by atoms with van der Waals surface area (Å²) >= 11 is 0. The smallest absolute Gasteiger partial charge is 0.0701 e. The first-order chi connectivity index (χ1) is 10.7. The lowest BCUT2D eigenvalue weighted by Crippen LogP contribution is -2.14. The molecule has 2 aliphatic rings. The molecule has 1 aromatic carbocycles. The Morgan fingerprint density at radius 2 is 2.14 bits per heavy atom. The van der Waals surface area contributed by atoms with Crippen LogP contribution in [0.25, 0.3) is 5.57 Å². The van der Waals surface area contributed by atoms with Gasteiger partial charge in [0.1, 0.15) is 0 Å². The fourth-order valence-corrected chi connectivity index (χ4v) is 3.69. The largest absolute Gasteiger partial charge is 0.373 e. The van der Waals surface area contributed by atoms with Crippen molar-refractivity contribution < 1.29 is 0 Å². The van der Waals surface area contributed by atoms with Gasteiger partial charge in [-0.05, 0) is 80.8 Å². The molecule has 0 unspecified atom stereocenters. The van der Waals surface area contributed by atoms with Gasteiger partial charge in [-0.25, -0.2) is 0 Å². The Bertz CT molecular complexity index is 637. The van der Waals surface area contributed by atoms with Crippen LogP contribution >= 0.6 is 0 Å². The van der Waals surface area contributed by atoms with Crippen LogP contribution in [0.2, 0.25) is 0 Å². The van der Waals surface area contributed by atoms with E-state index in [4.69, 9.17) is 0 Å². The number of allylic oxidation sites excluding steroid dienone is 2. The van der Waals surface area contributed by atoms with Crippen molar-refractivity contribution in [1.82, 2.24) is 4.90 Å². The van der Waals surface area contributed by atoms with Crippen molar-refractivity contribution in [3.8, 4) is 0 Å². The molecule has 2 heteroatoms. The van der Waals surface area contributed by atoms with Crippen LogP contribution in [0, 0.1) is 6.92 Å². The maximum Gasteiger partial charge on any atom is 0.0701 e. The van der Waals surface area contributed by atoms with Crippen LogP contribution in [-0.4, -0.2) is 18.2 Å². The lowest BCUT2D eigenvalue weighted by Gasteiger charge is -2.19. The first kappa shape index (κ1) is 15.1. The zero-order valence-corrected chi connectivity index (χ0v) is 13.9. The van der Waals surface area contributed by atoms with Crippen LogP contribution in [0.5, 0.6) is 0 Å². The number of aliphatic imine (C=N–C) groups is 1. The molecule has 3 rings (SSSR count). The number of benzene rings is 1. The SMILES string of the molecule is C=Nc1cc(CN2C=CCC2)c(C)cc1C1=C(CC)CCC1. The molecule has 0 bridgehead atoms. The van der Waals surface area contributed by atoms with Crippen molar-refractivity contribution in [1.29, 1.82) is 0 Å². The van der Waals surface area contributed by atoms with E-state index in [0.29, 0.717) is 0 Å². The molecule has 0 aromatic heterocycles. The second kappa shape index (κ2) is 6.51. The van der Waals surface area contributed by atoms with E-state index in [2.05, 4.69) is 54.9 Å². The lowest BCUT2D eigenvalue weighted by molar-refractivity contribution is 0.399. The van der Waals surface area contributed by atoms with E-state index in [0.717, 1.165) is 31.6 Å². The highest BCUT2D eigenvalue weighted by atomic mass is 15.1. The fourth-order valence-electron chi connectivity index (χ4n) is 3.69. The summed E-state index contributed by atoms with van der Waals surface area (Å²) in [4.78, 5) is 6.72. The van der Waals surface area contributed by atoms with Gasteiger partial charge < -0.3 is 4.90 Å². The second-order valence-corrected chi connectivity index (χ2v) is 6.39. The summed E-state index contributed by atoms with van der Waals surface area (Å²) in [5.74, 6) is 0. The van der Waals surface area contributed by atoms with E-state index >= 15 is 0 Å². The normalized spacial score (nSPS) is 17.6. The van der Waals surface area contributed by atoms with E-state index in [9.17, 15) is 0 Å². The van der Waals surface area contributed by atoms with E-state index in [-0.39, 0.29) is 0 Å². The van der Waals surface area contributed by atoms with Crippen LogP contribution in [0.4, 0.5) is 5.69 Å². The second-order valence-electron chi connectivity index (χ2n) is 6.39. The van der Waals surface area contributed by atoms with Crippen molar-refractivity contribution in [2.45, 2.75) is 52.5 Å². The average molecular weight is 294 g/mol. The minimum Gasteiger partial charge on any atom is -0.373 e. The first-order valence-electron chi connectivity index (χ1n) is 8.45. The molecule has 116 valence electrons. The summed E-state index contributed by atoms with van der Waals surface area (Å²) in [6.45, 7) is 10.4. The zero-order chi connectivity index (χ0) is 15.5. The molecule has 1 aromatic rings. The van der Waals surface area contributed by atoms with Gasteiger partial charge in [-0.15, -0.1) is 0 Å². The van der Waals surface area contributed by atoms with Gasteiger partial charge in [0.25, 0.3) is 0 Å². The number of rotatable bonds is 5. The van der Waals surface area contributed by atoms with Crippen LogP contribution in [0.15, 0.2) is 35.0 Å². The molecule has 0 radical (unpaired) electrons. The zero-order valence-electron chi connectivity index (χ0n) is 13.9. The van der Waals surface area contributed by atoms with E-state index in [1.807, 2.05) is 0 Å². The highest BCUT2D eigenvalue weighted by molar-refractivity contribution is 5.80. The predicted octanol–water partition coefficient (Wildman–Crippen LogP) is 5.39. The molecular weight excluding hydrogens is 268 g/mol. The van der Waals surface area contributed by atoms with E-state index < -0.39 is 0 Å². The molecular formula is C20H26N2. The molecule has 0 spiro atoms. The van der Waals surface area contributed by atoms with Crippen molar-refractivity contribution in [3.05, 3.63) is 46.7 Å². The molecule has 0 N–H and O–H groups in total. The topological polar surface area (TPSA) is 15.6 Å². The Labute approximate surface area is 134 Å². The maximum absolute atomic E-state index is 4.34. The highest BCUT2D eigenvalue weighted by Crippen LogP contribution is 2.40. The Morgan fingerprint density at radius 1 is 1.27 bits per heavy atom. The van der Waals surface area contributed by atoms with Gasteiger partial charge in [0.15, 0.2) is 0 Å². The maximum atomic E-state index is 4.34. The molecule has 0 amide bonds. The Morgan fingerprint density at radius 3 is 2.82 bits per heavy atom. The summed E-state index contributed by atoms with van der Waals surface area (Å²) in [5.41, 5.74) is 8.27. The predicted molar refractivity (Wildman–Crippen MR) is 95.6 cm³/mol. The monoisotopic (exact) mass is 294 g/mol. The minimum absolute atomic E-state index is 0.977. The average Bonchev–Trinajstić information content (AvgIpc) is 3.19. The number of hydrogen-bond donors (Lipinski definition) is 0. The van der Waals surface area contributed by atoms with Crippen molar-refractivity contribution in [3.63, 3.8) is 0 Å². The van der Waals surface area contributed by atoms with Crippen LogP contribution in [0.1, 0.15) is 55.7 Å². The quantitative estimate of drug-likeness (QED) is 0.664. The summed E-state index contributed by atoms with van der Waals surface area (Å²) in [6, 6.07) is 4.60. The van der Waals surface area contributed by atoms with Gasteiger partial charge in [-0.3, -0.25) is 4.99 Å². The van der Waals surface area contributed by atoms with E-state index in [1.54, 1.807) is 5.57 Å². The summed E-state index contributed by atoms with van der Waals surface area (Å²) in [5, 5.41) is 0. The molecule has 0 fully saturated rings. The molecule has 1 heterocycles. The minimum atomic E-state index is 0.977. The summed E-state index contributed by atoms with van der Waals surface area (Å²) in [6.07, 6.45) is 10.5. The standard InChI is InChI=1S/C20H26N2/c1-4-16-8-7-9-18(16)19-12-15(2)17(13-20(19)21-3)14-22-10-5-6-11-22/h5,10,12-13H,3-4,6-9,11,14H2,1-2H3. The molecule has 1 aliphatic carbocycles. The molecule has 22 heavy (non-hydrogen) atoms. The van der Waals surface area contributed by atoms with Gasteiger partial charge in [0.2, 0.25) is 0 Å². The first-order valence-corrected chi connectivity index (χ1v) is 8.45. The van der Waals surface area contributed by atoms with E-state index in [1.165, 1.54) is 41.5 Å². The van der Waals surface area contributed by atoms with Crippen molar-refractivity contribution in [2.75, 3.05) is 6.54 Å². The molecule has 0 atom stereocenters. The number of aryl methyl sites for hydroxylation is 1. The highest BCUT2D eigenvalue weighted by Gasteiger charge is 2.19. The van der Waals surface area contributed by atoms with Crippen LogP contribution < -0.4 is 0 Å². The number of nitrogens with zero attached hydrogens (tertiary/aromatic N) is 2. The van der Waals surface area contributed by atoms with Crippen molar-refractivity contribution >= 4 is 18.0 Å². The van der Waals surface area contributed by atoms with Crippen molar-refractivity contribution in [2.24, 2.45) is 4.99 Å². The third kappa shape index (κ3) is 2.87. The van der Waals surface area contributed by atoms with Crippen LogP contribution in [-0.2, 0) is 6.54 Å². The molecule has 2 nitrogen and oxygen atoms in total. The summed E-state index contributed by atoms with van der Waals surface area (Å²) in [7, 11) is 0. The molecule has 0 saturated carbocycles. The molecule has 0 saturated heterocycles. The number of hydrogen-bond acceptors (Lipinski definition) is 2. The lowest BCUT2D eigenvalue weighted by atomic mass is 9.94. The van der Waals surface area contributed by atoms with Gasteiger partial charge in [0.05, 0.1) is 5.69 Å². The van der Waals surface area contributed by atoms with Crippen LogP contribution in [0.3, 0.4) is 0 Å². The molecule has 1 aliphatic heterocycles. The summed E-state index contributed by atoms with van der Waals surface area (Å²) < 4.78 is 0. The van der Waals surface area contributed by atoms with Gasteiger partial charge in [0, 0.05) is 18.7 Å². The Kier molecular flexibility index (Phi) is 4.47. The van der Waals surface area contributed by atoms with Gasteiger partial charge in [-0.2, -0.15) is 0 Å².